The molecule has 0 aromatic heterocycles. The Morgan fingerprint density at radius 3 is 2.05 bits per heavy atom. The molecule has 0 heterocycles. The van der Waals surface area contributed by atoms with Crippen molar-refractivity contribution in [3.8, 4) is 0 Å². The molecule has 1 aliphatic carbocycles. The lowest BCUT2D eigenvalue weighted by molar-refractivity contribution is -0.153. The molecule has 6 heteroatoms. The first kappa shape index (κ1) is 17.2. The summed E-state index contributed by atoms with van der Waals surface area (Å²) >= 11 is 0. The third-order valence-electron chi connectivity index (χ3n) is 3.60. The monoisotopic (exact) mass is 298 g/mol. The smallest absolute Gasteiger partial charge is 0.330 e. The minimum absolute atomic E-state index is 0.181. The van der Waals surface area contributed by atoms with Crippen molar-refractivity contribution in [2.75, 3.05) is 13.2 Å². The van der Waals surface area contributed by atoms with Gasteiger partial charge < -0.3 is 14.6 Å². The highest BCUT2D eigenvalue weighted by Crippen LogP contribution is 2.29. The maximum Gasteiger partial charge on any atom is 0.330 e. The first-order valence-electron chi connectivity index (χ1n) is 7.23. The van der Waals surface area contributed by atoms with Gasteiger partial charge >= 0.3 is 17.9 Å². The third-order valence-corrected chi connectivity index (χ3v) is 3.60. The molecule has 0 bridgehead atoms. The van der Waals surface area contributed by atoms with E-state index in [1.165, 1.54) is 0 Å². The number of esters is 2. The number of hydrogen-bond donors (Lipinski definition) is 1. The van der Waals surface area contributed by atoms with E-state index in [4.69, 9.17) is 14.6 Å². The van der Waals surface area contributed by atoms with E-state index >= 15 is 0 Å². The summed E-state index contributed by atoms with van der Waals surface area (Å²) in [7, 11) is 0. The molecule has 6 nitrogen and oxygen atoms in total. The number of carboxylic acid groups (broad SMARTS) is 1. The number of aliphatic carboxylic acids is 1. The standard InChI is InChI=1S/C15H22O6/c1-2-13(16)20-9-3-4-10-21-15(19)12-7-5-11(6-8-12)14(17)18/h2,11-12H,1,3-10H2,(H,17,18). The van der Waals surface area contributed by atoms with Crippen LogP contribution in [0.4, 0.5) is 0 Å². The van der Waals surface area contributed by atoms with Gasteiger partial charge in [-0.25, -0.2) is 4.79 Å². The molecule has 0 amide bonds. The molecule has 1 N–H and O–H groups in total. The van der Waals surface area contributed by atoms with Crippen LogP contribution in [0.25, 0.3) is 0 Å². The minimum atomic E-state index is -0.782. The summed E-state index contributed by atoms with van der Waals surface area (Å²) in [6.07, 6.45) is 4.57. The average molecular weight is 298 g/mol. The number of ether oxygens (including phenoxy) is 2. The molecule has 1 saturated carbocycles. The van der Waals surface area contributed by atoms with Crippen LogP contribution in [0.1, 0.15) is 38.5 Å². The Bertz CT molecular complexity index is 382. The molecule has 1 aliphatic rings. The summed E-state index contributed by atoms with van der Waals surface area (Å²) in [4.78, 5) is 33.4. The molecule has 0 unspecified atom stereocenters. The summed E-state index contributed by atoms with van der Waals surface area (Å²) in [5.74, 6) is -1.99. The van der Waals surface area contributed by atoms with Gasteiger partial charge in [-0.05, 0) is 38.5 Å². The first-order valence-corrected chi connectivity index (χ1v) is 7.23. The van der Waals surface area contributed by atoms with Gasteiger partial charge in [0.1, 0.15) is 0 Å². The van der Waals surface area contributed by atoms with E-state index in [1.54, 1.807) is 0 Å². The molecule has 0 aromatic carbocycles. The van der Waals surface area contributed by atoms with E-state index in [0.29, 0.717) is 45.1 Å². The second-order valence-corrected chi connectivity index (χ2v) is 5.13. The molecular weight excluding hydrogens is 276 g/mol. The molecule has 0 saturated heterocycles. The van der Waals surface area contributed by atoms with Crippen molar-refractivity contribution in [2.45, 2.75) is 38.5 Å². The summed E-state index contributed by atoms with van der Waals surface area (Å²) in [5.41, 5.74) is 0. The molecule has 0 radical (unpaired) electrons. The van der Waals surface area contributed by atoms with Crippen LogP contribution in [0, 0.1) is 11.8 Å². The van der Waals surface area contributed by atoms with Crippen LogP contribution >= 0.6 is 0 Å². The zero-order chi connectivity index (χ0) is 15.7. The average Bonchev–Trinajstić information content (AvgIpc) is 2.50. The number of rotatable bonds is 8. The van der Waals surface area contributed by atoms with Crippen LogP contribution in [0.5, 0.6) is 0 Å². The molecule has 0 aromatic rings. The second-order valence-electron chi connectivity index (χ2n) is 5.13. The summed E-state index contributed by atoms with van der Waals surface area (Å²) in [6, 6.07) is 0. The summed E-state index contributed by atoms with van der Waals surface area (Å²) in [5, 5.41) is 8.89. The Hall–Kier alpha value is -1.85. The summed E-state index contributed by atoms with van der Waals surface area (Å²) < 4.78 is 9.96. The van der Waals surface area contributed by atoms with E-state index in [9.17, 15) is 14.4 Å². The van der Waals surface area contributed by atoms with Gasteiger partial charge in [-0.1, -0.05) is 6.58 Å². The van der Waals surface area contributed by atoms with Crippen LogP contribution in [0.2, 0.25) is 0 Å². The van der Waals surface area contributed by atoms with Crippen molar-refractivity contribution < 1.29 is 29.0 Å². The van der Waals surface area contributed by atoms with Gasteiger partial charge in [0.05, 0.1) is 25.0 Å². The SMILES string of the molecule is C=CC(=O)OCCCCOC(=O)C1CCC(C(=O)O)CC1. The quantitative estimate of drug-likeness (QED) is 0.418. The van der Waals surface area contributed by atoms with Gasteiger partial charge in [0.15, 0.2) is 0 Å². The molecule has 0 atom stereocenters. The van der Waals surface area contributed by atoms with Crippen molar-refractivity contribution >= 4 is 17.9 Å². The highest BCUT2D eigenvalue weighted by atomic mass is 16.5. The highest BCUT2D eigenvalue weighted by molar-refractivity contribution is 5.81. The van der Waals surface area contributed by atoms with Crippen LogP contribution in [-0.2, 0) is 23.9 Å². The maximum atomic E-state index is 11.8. The Morgan fingerprint density at radius 1 is 1.00 bits per heavy atom. The predicted molar refractivity (Wildman–Crippen MR) is 74.4 cm³/mol. The van der Waals surface area contributed by atoms with E-state index in [0.717, 1.165) is 6.08 Å². The van der Waals surface area contributed by atoms with Crippen LogP contribution in [0.3, 0.4) is 0 Å². The van der Waals surface area contributed by atoms with Gasteiger partial charge in [0, 0.05) is 6.08 Å². The zero-order valence-electron chi connectivity index (χ0n) is 12.1. The van der Waals surface area contributed by atoms with Crippen molar-refractivity contribution in [1.29, 1.82) is 0 Å². The normalized spacial score (nSPS) is 21.3. The van der Waals surface area contributed by atoms with Gasteiger partial charge in [0.25, 0.3) is 0 Å². The topological polar surface area (TPSA) is 89.9 Å². The third kappa shape index (κ3) is 6.42. The van der Waals surface area contributed by atoms with Crippen molar-refractivity contribution in [2.24, 2.45) is 11.8 Å². The molecule has 1 rings (SSSR count). The Kier molecular flexibility index (Phi) is 7.50. The van der Waals surface area contributed by atoms with Crippen LogP contribution < -0.4 is 0 Å². The van der Waals surface area contributed by atoms with Crippen molar-refractivity contribution in [1.82, 2.24) is 0 Å². The Balaban J connectivity index is 2.08. The lowest BCUT2D eigenvalue weighted by Gasteiger charge is -2.24. The van der Waals surface area contributed by atoms with Gasteiger partial charge in [-0.3, -0.25) is 9.59 Å². The first-order chi connectivity index (χ1) is 10.0. The fourth-order valence-electron chi connectivity index (χ4n) is 2.30. The fraction of sp³-hybridized carbons (Fsp3) is 0.667. The number of unbranched alkanes of at least 4 members (excludes halogenated alkanes) is 1. The van der Waals surface area contributed by atoms with Gasteiger partial charge in [-0.2, -0.15) is 0 Å². The molecule has 21 heavy (non-hydrogen) atoms. The van der Waals surface area contributed by atoms with Gasteiger partial charge in [-0.15, -0.1) is 0 Å². The predicted octanol–water partition coefficient (Wildman–Crippen LogP) is 1.93. The lowest BCUT2D eigenvalue weighted by atomic mass is 9.82. The van der Waals surface area contributed by atoms with Crippen molar-refractivity contribution in [3.63, 3.8) is 0 Å². The fourth-order valence-corrected chi connectivity index (χ4v) is 2.30. The number of carbonyl (C=O) groups is 3. The van der Waals surface area contributed by atoms with Gasteiger partial charge in [0.2, 0.25) is 0 Å². The largest absolute Gasteiger partial charge is 0.481 e. The van der Waals surface area contributed by atoms with E-state index in [1.807, 2.05) is 0 Å². The second kappa shape index (κ2) is 9.15. The van der Waals surface area contributed by atoms with E-state index in [-0.39, 0.29) is 24.4 Å². The van der Waals surface area contributed by atoms with Crippen LogP contribution in [-0.4, -0.2) is 36.2 Å². The Labute approximate surface area is 124 Å². The lowest BCUT2D eigenvalue weighted by Crippen LogP contribution is -2.27. The Morgan fingerprint density at radius 2 is 1.52 bits per heavy atom. The van der Waals surface area contributed by atoms with E-state index < -0.39 is 11.9 Å². The van der Waals surface area contributed by atoms with Crippen LogP contribution in [0.15, 0.2) is 12.7 Å². The highest BCUT2D eigenvalue weighted by Gasteiger charge is 2.30. The molecule has 118 valence electrons. The molecule has 0 aliphatic heterocycles. The molecular formula is C15H22O6. The van der Waals surface area contributed by atoms with Crippen molar-refractivity contribution in [3.05, 3.63) is 12.7 Å². The number of hydrogen-bond acceptors (Lipinski definition) is 5. The summed E-state index contributed by atoms with van der Waals surface area (Å²) in [6.45, 7) is 3.86. The molecule has 0 spiro atoms. The maximum absolute atomic E-state index is 11.8. The zero-order valence-corrected chi connectivity index (χ0v) is 12.1. The number of carboxylic acids is 1. The minimum Gasteiger partial charge on any atom is -0.481 e. The number of carbonyl (C=O) groups excluding carboxylic acids is 2. The molecule has 1 fully saturated rings. The van der Waals surface area contributed by atoms with E-state index in [2.05, 4.69) is 6.58 Å².